The minimum Gasteiger partial charge on any atom is -0.480 e. The largest absolute Gasteiger partial charge is 0.480 e. The SMILES string of the molecule is CC[C@@]1(O)C(=O)OCc2c1cc1n(c2=O)Cc2c-1nc1cc(Cl)c(C)c3c1c2[C@@H](NC(=O)OCc1ccc(NC(=O)[C@H](C)NC(=O)[C@@H](NC(=O)c2cc(-c4cnc(S(C)(=O)=O)nc4)cc(-c4cnc(S(C)(=O)=O)nc4)c2)C(C)C)cc1CN(C)C(=O)CN1CCN(CC(=O)O)CCN(CC(=O)O)CCN(CC(=O)O)CC1)CC3. The highest BCUT2D eigenvalue weighted by molar-refractivity contribution is 7.90. The number of sulfone groups is 2. The van der Waals surface area contributed by atoms with Gasteiger partial charge in [0.2, 0.25) is 47.7 Å². The number of nitrogens with one attached hydrogen (secondary N) is 4. The van der Waals surface area contributed by atoms with Crippen molar-refractivity contribution >= 4 is 101 Å². The summed E-state index contributed by atoms with van der Waals surface area (Å²) >= 11 is 6.85. The summed E-state index contributed by atoms with van der Waals surface area (Å²) in [5.74, 6) is -7.62. The molecule has 0 unspecified atom stereocenters. The van der Waals surface area contributed by atoms with Crippen LogP contribution in [0.15, 0.2) is 88.4 Å². The zero-order valence-electron chi connectivity index (χ0n) is 63.1. The summed E-state index contributed by atoms with van der Waals surface area (Å²) in [7, 11) is -6.10. The van der Waals surface area contributed by atoms with E-state index in [9.17, 15) is 85.2 Å². The molecule has 0 bridgehead atoms. The number of esters is 1. The van der Waals surface area contributed by atoms with Gasteiger partial charge in [-0.2, -0.15) is 0 Å². The van der Waals surface area contributed by atoms with Gasteiger partial charge >= 0.3 is 30.0 Å². The van der Waals surface area contributed by atoms with Crippen molar-refractivity contribution in [1.82, 2.24) is 69.9 Å². The average Bonchev–Trinajstić information content (AvgIpc) is 1.58. The number of cyclic esters (lactones) is 1. The van der Waals surface area contributed by atoms with Crippen LogP contribution in [0.3, 0.4) is 0 Å². The van der Waals surface area contributed by atoms with Crippen LogP contribution in [0.2, 0.25) is 5.02 Å². The fraction of sp³-hybridized carbons (Fsp3) is 0.427. The second-order valence-electron chi connectivity index (χ2n) is 28.9. The van der Waals surface area contributed by atoms with E-state index in [0.717, 1.165) is 29.0 Å². The van der Waals surface area contributed by atoms with Gasteiger partial charge in [-0.3, -0.25) is 58.0 Å². The van der Waals surface area contributed by atoms with E-state index in [0.29, 0.717) is 68.1 Å². The first kappa shape index (κ1) is 83.1. The highest BCUT2D eigenvalue weighted by Crippen LogP contribution is 2.47. The molecule has 1 fully saturated rings. The lowest BCUT2D eigenvalue weighted by Gasteiger charge is -2.33. The molecule has 4 aromatic heterocycles. The third-order valence-corrected chi connectivity index (χ3v) is 22.6. The number of likely N-dealkylation sites (N-methyl/N-ethyl adjacent to an activating group) is 1. The number of aliphatic hydroxyl groups is 1. The lowest BCUT2D eigenvalue weighted by atomic mass is 9.82. The van der Waals surface area contributed by atoms with E-state index in [2.05, 4.69) is 41.2 Å². The van der Waals surface area contributed by atoms with Crippen LogP contribution < -0.4 is 26.8 Å². The average molecular weight is 1620 g/mol. The van der Waals surface area contributed by atoms with E-state index in [1.165, 1.54) is 66.4 Å². The highest BCUT2D eigenvalue weighted by Gasteiger charge is 2.46. The van der Waals surface area contributed by atoms with Crippen molar-refractivity contribution in [3.63, 3.8) is 0 Å². The molecule has 4 aliphatic rings. The predicted octanol–water partition coefficient (Wildman–Crippen LogP) is 3.01. The molecule has 35 nitrogen and oxygen atoms in total. The minimum absolute atomic E-state index is 0.0140. The lowest BCUT2D eigenvalue weighted by Crippen LogP contribution is -2.53. The van der Waals surface area contributed by atoms with Crippen LogP contribution in [-0.4, -0.2) is 255 Å². The number of aryl methyl sites for hydroxylation is 1. The Morgan fingerprint density at radius 1 is 0.699 bits per heavy atom. The molecule has 0 saturated carbocycles. The normalized spacial score (nSPS) is 17.6. The molecule has 600 valence electrons. The third-order valence-electron chi connectivity index (χ3n) is 20.5. The quantitative estimate of drug-likeness (QED) is 0.0301. The number of hydrogen-bond donors (Lipinski definition) is 8. The number of fused-ring (bicyclic) bond motifs is 5. The number of rotatable bonds is 25. The molecule has 5 amide bonds. The maximum Gasteiger partial charge on any atom is 0.407 e. The number of benzene rings is 3. The second-order valence-corrected chi connectivity index (χ2v) is 33.1. The Balaban J connectivity index is 0.849. The molecular formula is C75H86ClN15O20S2. The van der Waals surface area contributed by atoms with Gasteiger partial charge in [-0.25, -0.2) is 51.3 Å². The first-order chi connectivity index (χ1) is 53.4. The molecular weight excluding hydrogens is 1530 g/mol. The van der Waals surface area contributed by atoms with E-state index in [-0.39, 0.29) is 125 Å². The summed E-state index contributed by atoms with van der Waals surface area (Å²) in [5, 5.41) is 52.6. The summed E-state index contributed by atoms with van der Waals surface area (Å²) in [6.45, 7) is 6.95. The monoisotopic (exact) mass is 1620 g/mol. The number of halogens is 1. The van der Waals surface area contributed by atoms with Gasteiger partial charge in [0.25, 0.3) is 11.5 Å². The first-order valence-electron chi connectivity index (χ1n) is 36.1. The van der Waals surface area contributed by atoms with Crippen LogP contribution in [0.5, 0.6) is 0 Å². The molecule has 4 atom stereocenters. The van der Waals surface area contributed by atoms with Gasteiger partial charge < -0.3 is 60.6 Å². The number of alkyl carbamates (subject to hydrolysis) is 1. The van der Waals surface area contributed by atoms with Crippen LogP contribution in [-0.2, 0) is 101 Å². The summed E-state index contributed by atoms with van der Waals surface area (Å²) in [5.41, 5.74) is 3.80. The molecule has 7 aromatic rings. The number of carbonyl (C=O) groups is 9. The van der Waals surface area contributed by atoms with Gasteiger partial charge in [-0.15, -0.1) is 0 Å². The van der Waals surface area contributed by atoms with Crippen LogP contribution in [0.4, 0.5) is 10.5 Å². The Morgan fingerprint density at radius 3 is 1.75 bits per heavy atom. The van der Waals surface area contributed by atoms with Gasteiger partial charge in [0.15, 0.2) is 5.60 Å². The zero-order chi connectivity index (χ0) is 81.9. The molecule has 8 N–H and O–H groups in total. The number of carboxylic acids is 3. The number of ether oxygens (including phenoxy) is 2. The van der Waals surface area contributed by atoms with Gasteiger partial charge in [0.1, 0.15) is 25.3 Å². The second kappa shape index (κ2) is 34.3. The van der Waals surface area contributed by atoms with Crippen LogP contribution >= 0.6 is 11.6 Å². The molecule has 11 rings (SSSR count). The lowest BCUT2D eigenvalue weighted by molar-refractivity contribution is -0.172. The van der Waals surface area contributed by atoms with E-state index < -0.39 is 138 Å². The van der Waals surface area contributed by atoms with E-state index in [1.807, 2.05) is 6.92 Å². The number of carbonyl (C=O) groups excluding carboxylic acids is 6. The summed E-state index contributed by atoms with van der Waals surface area (Å²) in [4.78, 5) is 165. The fourth-order valence-corrected chi connectivity index (χ4v) is 15.4. The number of carboxylic acid groups (broad SMARTS) is 3. The number of pyridine rings is 2. The van der Waals surface area contributed by atoms with Crippen molar-refractivity contribution in [1.29, 1.82) is 0 Å². The summed E-state index contributed by atoms with van der Waals surface area (Å²) < 4.78 is 61.8. The standard InChI is InChI=1S/C75H86ClN15O20S2/c1-9-75(105)54-26-58-66-52(33-91(58)70(102)53(54)39-110-71(75)103)64-56(13-12-51-41(4)55(76)27-57(83-66)63(51)64)84-74(104)111-38-43-10-11-50(25-47(43)32-86(6)59(92)34-87-14-16-88(35-60(93)94)18-20-90(37-62(97)98)21-19-89(17-15-87)36-61(95)96)82-67(99)42(5)81-69(101)65(40(2)3)85-68(100)46-23-44(48-28-77-72(78-29-48)112(7,106)107)22-45(24-46)49-30-79-73(80-31-49)113(8,108)109/h10-11,22-31,40,42,56,65,105H,9,12-21,32-39H2,1-8H3,(H,81,101)(H,82,99)(H,84,104)(H,85,100)(H,93,94)(H,95,96)(H,97,98)/t42-,56-,65-,75-/m0/s1. The number of anilines is 1. The molecule has 113 heavy (non-hydrogen) atoms. The first-order valence-corrected chi connectivity index (χ1v) is 40.3. The molecule has 38 heteroatoms. The maximum atomic E-state index is 14.7. The van der Waals surface area contributed by atoms with Gasteiger partial charge in [0, 0.05) is 147 Å². The van der Waals surface area contributed by atoms with Crippen molar-refractivity contribution in [2.45, 2.75) is 114 Å². The Labute approximate surface area is 653 Å². The smallest absolute Gasteiger partial charge is 0.407 e. The molecule has 3 aromatic carbocycles. The number of amides is 5. The van der Waals surface area contributed by atoms with E-state index >= 15 is 0 Å². The molecule has 1 aliphatic carbocycles. The van der Waals surface area contributed by atoms with Crippen molar-refractivity contribution in [2.75, 3.05) is 103 Å². The Kier molecular flexibility index (Phi) is 25.2. The van der Waals surface area contributed by atoms with Crippen molar-refractivity contribution in [3.8, 4) is 33.6 Å². The zero-order valence-corrected chi connectivity index (χ0v) is 65.5. The molecule has 0 spiro atoms. The fourth-order valence-electron chi connectivity index (χ4n) is 14.2. The van der Waals surface area contributed by atoms with Gasteiger partial charge in [0.05, 0.1) is 61.2 Å². The third kappa shape index (κ3) is 19.1. The molecule has 3 aliphatic heterocycles. The van der Waals surface area contributed by atoms with Gasteiger partial charge in [-0.05, 0) is 120 Å². The van der Waals surface area contributed by atoms with Crippen molar-refractivity contribution in [2.24, 2.45) is 5.92 Å². The van der Waals surface area contributed by atoms with E-state index in [4.69, 9.17) is 26.1 Å². The summed E-state index contributed by atoms with van der Waals surface area (Å²) in [6, 6.07) is 9.08. The van der Waals surface area contributed by atoms with Crippen LogP contribution in [0.25, 0.3) is 44.5 Å². The molecule has 1 saturated heterocycles. The van der Waals surface area contributed by atoms with Gasteiger partial charge in [-0.1, -0.05) is 38.4 Å². The minimum atomic E-state index is -3.80. The Bertz CT molecular complexity index is 5160. The maximum absolute atomic E-state index is 14.7. The highest BCUT2D eigenvalue weighted by atomic mass is 35.5. The Hall–Kier alpha value is -10.8. The number of hydrogen-bond acceptors (Lipinski definition) is 26. The van der Waals surface area contributed by atoms with Crippen molar-refractivity contribution < 1.29 is 89.9 Å². The number of aromatic nitrogens is 6. The number of nitrogens with zero attached hydrogens (tertiary/aromatic N) is 11. The summed E-state index contributed by atoms with van der Waals surface area (Å²) in [6.07, 6.45) is 6.66. The van der Waals surface area contributed by atoms with Crippen LogP contribution in [0, 0.1) is 12.8 Å². The number of aliphatic carboxylic acids is 3. The van der Waals surface area contributed by atoms with Crippen LogP contribution in [0.1, 0.15) is 101 Å². The van der Waals surface area contributed by atoms with Crippen molar-refractivity contribution in [3.05, 3.63) is 139 Å². The molecule has 7 heterocycles. The predicted molar refractivity (Wildman–Crippen MR) is 407 cm³/mol. The topological polar surface area (TPSA) is 472 Å². The Morgan fingerprint density at radius 2 is 1.24 bits per heavy atom. The molecule has 0 radical (unpaired) electrons. The van der Waals surface area contributed by atoms with E-state index in [1.54, 1.807) is 70.7 Å².